The van der Waals surface area contributed by atoms with Gasteiger partial charge < -0.3 is 33.5 Å². The van der Waals surface area contributed by atoms with Crippen LogP contribution < -0.4 is 23.8 Å². The summed E-state index contributed by atoms with van der Waals surface area (Å²) in [4.78, 5) is 22.3. The molecular weight excluding hydrogens is 474 g/mol. The Morgan fingerprint density at radius 3 is 2.54 bits per heavy atom. The highest BCUT2D eigenvalue weighted by molar-refractivity contribution is 5.92. The van der Waals surface area contributed by atoms with E-state index in [9.17, 15) is 4.79 Å². The summed E-state index contributed by atoms with van der Waals surface area (Å²) in [6, 6.07) is 13.4. The zero-order valence-electron chi connectivity index (χ0n) is 21.6. The fraction of sp³-hybridized carbons (Fsp3) is 0.429. The third kappa shape index (κ3) is 5.22. The predicted molar refractivity (Wildman–Crippen MR) is 140 cm³/mol. The molecule has 196 valence electrons. The molecule has 37 heavy (non-hydrogen) atoms. The van der Waals surface area contributed by atoms with Crippen molar-refractivity contribution >= 4 is 22.6 Å². The Kier molecular flexibility index (Phi) is 7.50. The maximum absolute atomic E-state index is 13.1. The van der Waals surface area contributed by atoms with Gasteiger partial charge in [0.15, 0.2) is 17.6 Å². The lowest BCUT2D eigenvalue weighted by atomic mass is 10.1. The first kappa shape index (κ1) is 25.0. The van der Waals surface area contributed by atoms with E-state index in [1.54, 1.807) is 14.2 Å². The van der Waals surface area contributed by atoms with Gasteiger partial charge in [-0.15, -0.1) is 0 Å². The van der Waals surface area contributed by atoms with Crippen molar-refractivity contribution in [3.8, 4) is 23.0 Å². The van der Waals surface area contributed by atoms with E-state index in [0.717, 1.165) is 41.1 Å². The molecule has 1 atom stereocenters. The second-order valence-electron chi connectivity index (χ2n) is 9.06. The van der Waals surface area contributed by atoms with Gasteiger partial charge >= 0.3 is 0 Å². The van der Waals surface area contributed by atoms with Crippen molar-refractivity contribution in [2.75, 3.05) is 58.6 Å². The van der Waals surface area contributed by atoms with Crippen molar-refractivity contribution in [3.05, 3.63) is 48.0 Å². The van der Waals surface area contributed by atoms with E-state index < -0.39 is 0 Å². The van der Waals surface area contributed by atoms with Gasteiger partial charge in [-0.25, -0.2) is 4.98 Å². The van der Waals surface area contributed by atoms with E-state index >= 15 is 0 Å². The number of carbonyl (C=O) groups excluding carboxylic acids is 1. The average molecular weight is 508 g/mol. The molecule has 5 rings (SSSR count). The standard InChI is InChI=1S/C28H33N3O6/c1-4-26(32)31(17-20-18-36-23-7-5-6-8-24(23)37-20)16-19-15-21-22(33-2)9-10-25(34-3)27(21)29-28(19)30-11-13-35-14-12-30/h5-10,15,20H,4,11-14,16-18H2,1-3H3/t20-/m0/s1. The molecule has 1 saturated heterocycles. The van der Waals surface area contributed by atoms with Crippen LogP contribution in [0.15, 0.2) is 42.5 Å². The van der Waals surface area contributed by atoms with Crippen LogP contribution in [0.5, 0.6) is 23.0 Å². The van der Waals surface area contributed by atoms with Crippen molar-refractivity contribution in [3.63, 3.8) is 0 Å². The number of methoxy groups -OCH3 is 2. The number of fused-ring (bicyclic) bond motifs is 2. The third-order valence-electron chi connectivity index (χ3n) is 6.72. The van der Waals surface area contributed by atoms with Crippen LogP contribution in [0.1, 0.15) is 18.9 Å². The lowest BCUT2D eigenvalue weighted by molar-refractivity contribution is -0.133. The van der Waals surface area contributed by atoms with Gasteiger partial charge in [0.2, 0.25) is 5.91 Å². The lowest BCUT2D eigenvalue weighted by Crippen LogP contribution is -2.43. The first-order valence-corrected chi connectivity index (χ1v) is 12.6. The van der Waals surface area contributed by atoms with Gasteiger partial charge in [-0.3, -0.25) is 4.79 Å². The fourth-order valence-corrected chi connectivity index (χ4v) is 4.83. The first-order chi connectivity index (χ1) is 18.1. The Hall–Kier alpha value is -3.72. The summed E-state index contributed by atoms with van der Waals surface area (Å²) in [6.07, 6.45) is 0.107. The molecule has 0 unspecified atom stereocenters. The SMILES string of the molecule is CCC(=O)N(Cc1cc2c(OC)ccc(OC)c2nc1N1CCOCC1)C[C@H]1COc2ccccc2O1. The number of nitrogens with zero attached hydrogens (tertiary/aromatic N) is 3. The Bertz CT molecular complexity index is 1260. The highest BCUT2D eigenvalue weighted by Crippen LogP contribution is 2.36. The summed E-state index contributed by atoms with van der Waals surface area (Å²) in [7, 11) is 3.28. The fourth-order valence-electron chi connectivity index (χ4n) is 4.83. The summed E-state index contributed by atoms with van der Waals surface area (Å²) < 4.78 is 28.9. The third-order valence-corrected chi connectivity index (χ3v) is 6.72. The summed E-state index contributed by atoms with van der Waals surface area (Å²) in [5, 5.41) is 0.837. The summed E-state index contributed by atoms with van der Waals surface area (Å²) >= 11 is 0. The van der Waals surface area contributed by atoms with Gasteiger partial charge in [-0.1, -0.05) is 19.1 Å². The number of amides is 1. The van der Waals surface area contributed by atoms with Crippen molar-refractivity contribution in [1.82, 2.24) is 9.88 Å². The molecule has 2 aliphatic rings. The predicted octanol–water partition coefficient (Wildman–Crippen LogP) is 3.67. The highest BCUT2D eigenvalue weighted by Gasteiger charge is 2.27. The highest BCUT2D eigenvalue weighted by atomic mass is 16.6. The minimum atomic E-state index is -0.278. The normalized spacial score (nSPS) is 16.9. The number of carbonyl (C=O) groups is 1. The average Bonchev–Trinajstić information content (AvgIpc) is 2.95. The quantitative estimate of drug-likeness (QED) is 0.457. The molecule has 1 fully saturated rings. The van der Waals surface area contributed by atoms with Gasteiger partial charge in [-0.2, -0.15) is 0 Å². The molecule has 9 heteroatoms. The number of pyridine rings is 1. The molecule has 0 bridgehead atoms. The van der Waals surface area contributed by atoms with E-state index in [0.29, 0.717) is 56.6 Å². The molecule has 3 heterocycles. The number of anilines is 1. The van der Waals surface area contributed by atoms with E-state index in [1.807, 2.05) is 48.2 Å². The molecule has 0 N–H and O–H groups in total. The number of benzene rings is 2. The van der Waals surface area contributed by atoms with Crippen LogP contribution in [-0.4, -0.2) is 75.6 Å². The second-order valence-corrected chi connectivity index (χ2v) is 9.06. The first-order valence-electron chi connectivity index (χ1n) is 12.6. The van der Waals surface area contributed by atoms with Crippen molar-refractivity contribution in [2.45, 2.75) is 26.0 Å². The number of para-hydroxylation sites is 2. The molecule has 0 saturated carbocycles. The van der Waals surface area contributed by atoms with E-state index in [1.165, 1.54) is 0 Å². The molecule has 0 spiro atoms. The van der Waals surface area contributed by atoms with Crippen LogP contribution in [0.4, 0.5) is 5.82 Å². The van der Waals surface area contributed by atoms with Gasteiger partial charge in [0, 0.05) is 37.0 Å². The Morgan fingerprint density at radius 1 is 1.08 bits per heavy atom. The Labute approximate surface area is 216 Å². The van der Waals surface area contributed by atoms with Crippen LogP contribution in [0.25, 0.3) is 10.9 Å². The van der Waals surface area contributed by atoms with E-state index in [4.69, 9.17) is 28.7 Å². The number of hydrogen-bond donors (Lipinski definition) is 0. The molecule has 3 aromatic rings. The van der Waals surface area contributed by atoms with Crippen LogP contribution >= 0.6 is 0 Å². The smallest absolute Gasteiger partial charge is 0.222 e. The molecular formula is C28H33N3O6. The van der Waals surface area contributed by atoms with E-state index in [-0.39, 0.29) is 12.0 Å². The van der Waals surface area contributed by atoms with Gasteiger partial charge in [0.1, 0.15) is 29.4 Å². The topological polar surface area (TPSA) is 82.6 Å². The number of rotatable bonds is 8. The summed E-state index contributed by atoms with van der Waals surface area (Å²) in [5.74, 6) is 3.65. The molecule has 0 aliphatic carbocycles. The zero-order valence-corrected chi connectivity index (χ0v) is 21.6. The van der Waals surface area contributed by atoms with Crippen molar-refractivity contribution in [2.24, 2.45) is 0 Å². The number of ether oxygens (including phenoxy) is 5. The number of morpholine rings is 1. The lowest BCUT2D eigenvalue weighted by Gasteiger charge is -2.33. The maximum Gasteiger partial charge on any atom is 0.222 e. The molecule has 2 aromatic carbocycles. The van der Waals surface area contributed by atoms with Crippen LogP contribution in [0.2, 0.25) is 0 Å². The number of aromatic nitrogens is 1. The molecule has 1 amide bonds. The molecule has 9 nitrogen and oxygen atoms in total. The minimum Gasteiger partial charge on any atom is -0.496 e. The second kappa shape index (κ2) is 11.1. The molecule has 0 radical (unpaired) electrons. The Morgan fingerprint density at radius 2 is 1.81 bits per heavy atom. The van der Waals surface area contributed by atoms with Crippen molar-refractivity contribution in [1.29, 1.82) is 0 Å². The molecule has 1 aromatic heterocycles. The summed E-state index contributed by atoms with van der Waals surface area (Å²) in [5.41, 5.74) is 1.65. The Balaban J connectivity index is 1.51. The largest absolute Gasteiger partial charge is 0.496 e. The van der Waals surface area contributed by atoms with Gasteiger partial charge in [0.25, 0.3) is 0 Å². The summed E-state index contributed by atoms with van der Waals surface area (Å²) in [6.45, 7) is 5.71. The van der Waals surface area contributed by atoms with Crippen LogP contribution in [-0.2, 0) is 16.1 Å². The van der Waals surface area contributed by atoms with Crippen LogP contribution in [0, 0.1) is 0 Å². The van der Waals surface area contributed by atoms with E-state index in [2.05, 4.69) is 11.0 Å². The molecule has 2 aliphatic heterocycles. The zero-order chi connectivity index (χ0) is 25.8. The van der Waals surface area contributed by atoms with Gasteiger partial charge in [-0.05, 0) is 30.3 Å². The monoisotopic (exact) mass is 507 g/mol. The van der Waals surface area contributed by atoms with Crippen molar-refractivity contribution < 1.29 is 28.5 Å². The maximum atomic E-state index is 13.1. The minimum absolute atomic E-state index is 0.0353. The number of hydrogen-bond acceptors (Lipinski definition) is 8. The van der Waals surface area contributed by atoms with Gasteiger partial charge in [0.05, 0.1) is 34.0 Å². The van der Waals surface area contributed by atoms with Crippen LogP contribution in [0.3, 0.4) is 0 Å².